The molecule has 0 aromatic heterocycles. The average Bonchev–Trinajstić information content (AvgIpc) is 2.45. The van der Waals surface area contributed by atoms with Crippen LogP contribution in [0.2, 0.25) is 0 Å². The molecule has 0 aliphatic carbocycles. The Morgan fingerprint density at radius 3 is 1.40 bits per heavy atom. The van der Waals surface area contributed by atoms with Crippen molar-refractivity contribution in [3.8, 4) is 0 Å². The molecule has 0 saturated carbocycles. The SMILES string of the molecule is O=[N+]([O-])c1ccccc1N=Nc1ccccc1[N+](=O)[O-]. The Morgan fingerprint density at radius 1 is 0.700 bits per heavy atom. The van der Waals surface area contributed by atoms with Gasteiger partial charge in [-0.3, -0.25) is 20.2 Å². The second-order valence-corrected chi connectivity index (χ2v) is 3.69. The highest BCUT2D eigenvalue weighted by Crippen LogP contribution is 2.31. The molecule has 8 heteroatoms. The minimum atomic E-state index is -0.590. The topological polar surface area (TPSA) is 111 Å². The van der Waals surface area contributed by atoms with Crippen molar-refractivity contribution >= 4 is 22.7 Å². The lowest BCUT2D eigenvalue weighted by atomic mass is 10.3. The predicted molar refractivity (Wildman–Crippen MR) is 70.4 cm³/mol. The Morgan fingerprint density at radius 2 is 1.05 bits per heavy atom. The van der Waals surface area contributed by atoms with Gasteiger partial charge in [0.05, 0.1) is 9.85 Å². The zero-order chi connectivity index (χ0) is 14.5. The number of hydrogen-bond acceptors (Lipinski definition) is 6. The summed E-state index contributed by atoms with van der Waals surface area (Å²) >= 11 is 0. The fourth-order valence-corrected chi connectivity index (χ4v) is 1.51. The summed E-state index contributed by atoms with van der Waals surface area (Å²) in [6, 6.07) is 11.5. The molecule has 100 valence electrons. The first-order valence-electron chi connectivity index (χ1n) is 5.48. The molecule has 0 saturated heterocycles. The van der Waals surface area contributed by atoms with Crippen LogP contribution in [0.25, 0.3) is 0 Å². The molecule has 0 amide bonds. The summed E-state index contributed by atoms with van der Waals surface area (Å²) in [5.41, 5.74) is -0.351. The number of rotatable bonds is 4. The standard InChI is InChI=1S/C12H8N4O4/c17-15(18)11-7-3-1-5-9(11)13-14-10-6-2-4-8-12(10)16(19)20/h1-8H. The van der Waals surface area contributed by atoms with E-state index < -0.39 is 9.85 Å². The quantitative estimate of drug-likeness (QED) is 0.477. The van der Waals surface area contributed by atoms with Crippen LogP contribution in [0, 0.1) is 20.2 Å². The van der Waals surface area contributed by atoms with Crippen molar-refractivity contribution in [1.29, 1.82) is 0 Å². The van der Waals surface area contributed by atoms with E-state index in [-0.39, 0.29) is 22.7 Å². The average molecular weight is 272 g/mol. The van der Waals surface area contributed by atoms with E-state index in [2.05, 4.69) is 10.2 Å². The minimum Gasteiger partial charge on any atom is -0.258 e. The van der Waals surface area contributed by atoms with Crippen molar-refractivity contribution in [3.63, 3.8) is 0 Å². The van der Waals surface area contributed by atoms with Gasteiger partial charge in [-0.2, -0.15) is 0 Å². The Hall–Kier alpha value is -3.16. The number of nitro groups is 2. The molecule has 0 aliphatic rings. The van der Waals surface area contributed by atoms with Crippen LogP contribution in [0.1, 0.15) is 0 Å². The molecular weight excluding hydrogens is 264 g/mol. The maximum Gasteiger partial charge on any atom is 0.296 e. The van der Waals surface area contributed by atoms with Gasteiger partial charge >= 0.3 is 0 Å². The molecule has 0 fully saturated rings. The highest BCUT2D eigenvalue weighted by molar-refractivity contribution is 5.59. The van der Waals surface area contributed by atoms with Crippen molar-refractivity contribution in [2.45, 2.75) is 0 Å². The van der Waals surface area contributed by atoms with Crippen molar-refractivity contribution in [3.05, 3.63) is 68.8 Å². The Kier molecular flexibility index (Phi) is 3.75. The van der Waals surface area contributed by atoms with Crippen LogP contribution < -0.4 is 0 Å². The summed E-state index contributed by atoms with van der Waals surface area (Å²) < 4.78 is 0. The summed E-state index contributed by atoms with van der Waals surface area (Å²) in [6.07, 6.45) is 0. The second-order valence-electron chi connectivity index (χ2n) is 3.69. The van der Waals surface area contributed by atoms with E-state index in [1.54, 1.807) is 12.1 Å². The van der Waals surface area contributed by atoms with Gasteiger partial charge in [-0.1, -0.05) is 24.3 Å². The summed E-state index contributed by atoms with van der Waals surface area (Å²) in [5.74, 6) is 0. The van der Waals surface area contributed by atoms with Crippen LogP contribution >= 0.6 is 0 Å². The molecule has 0 unspecified atom stereocenters. The molecule has 8 nitrogen and oxygen atoms in total. The van der Waals surface area contributed by atoms with Crippen molar-refractivity contribution in [2.24, 2.45) is 10.2 Å². The first kappa shape index (κ1) is 13.3. The molecule has 2 rings (SSSR count). The van der Waals surface area contributed by atoms with E-state index in [1.807, 2.05) is 0 Å². The number of azo groups is 1. The lowest BCUT2D eigenvalue weighted by Gasteiger charge is -1.96. The van der Waals surface area contributed by atoms with E-state index in [0.29, 0.717) is 0 Å². The first-order chi connectivity index (χ1) is 9.59. The molecule has 0 radical (unpaired) electrons. The van der Waals surface area contributed by atoms with Crippen LogP contribution in [-0.4, -0.2) is 9.85 Å². The molecule has 2 aromatic carbocycles. The van der Waals surface area contributed by atoms with Gasteiger partial charge in [0, 0.05) is 12.1 Å². The molecular formula is C12H8N4O4. The van der Waals surface area contributed by atoms with E-state index in [9.17, 15) is 20.2 Å². The lowest BCUT2D eigenvalue weighted by molar-refractivity contribution is -0.384. The third-order valence-corrected chi connectivity index (χ3v) is 2.42. The van der Waals surface area contributed by atoms with E-state index in [4.69, 9.17) is 0 Å². The van der Waals surface area contributed by atoms with Gasteiger partial charge in [-0.25, -0.2) is 0 Å². The number of benzene rings is 2. The smallest absolute Gasteiger partial charge is 0.258 e. The maximum absolute atomic E-state index is 10.8. The summed E-state index contributed by atoms with van der Waals surface area (Å²) in [7, 11) is 0. The van der Waals surface area contributed by atoms with Gasteiger partial charge in [0.1, 0.15) is 0 Å². The Balaban J connectivity index is 2.40. The number of nitro benzene ring substituents is 2. The molecule has 2 aromatic rings. The minimum absolute atomic E-state index is 0.0376. The molecule has 0 atom stereocenters. The van der Waals surface area contributed by atoms with Crippen molar-refractivity contribution in [2.75, 3.05) is 0 Å². The van der Waals surface area contributed by atoms with Gasteiger partial charge in [0.2, 0.25) is 0 Å². The van der Waals surface area contributed by atoms with Crippen molar-refractivity contribution < 1.29 is 9.85 Å². The van der Waals surface area contributed by atoms with Crippen molar-refractivity contribution in [1.82, 2.24) is 0 Å². The fourth-order valence-electron chi connectivity index (χ4n) is 1.51. The number of para-hydroxylation sites is 2. The zero-order valence-electron chi connectivity index (χ0n) is 10.0. The highest BCUT2D eigenvalue weighted by atomic mass is 16.6. The summed E-state index contributed by atoms with van der Waals surface area (Å²) in [5, 5.41) is 29.0. The fraction of sp³-hybridized carbons (Fsp3) is 0. The number of hydrogen-bond donors (Lipinski definition) is 0. The third-order valence-electron chi connectivity index (χ3n) is 2.42. The molecule has 0 N–H and O–H groups in total. The first-order valence-corrected chi connectivity index (χ1v) is 5.48. The summed E-state index contributed by atoms with van der Waals surface area (Å²) in [4.78, 5) is 20.4. The lowest BCUT2D eigenvalue weighted by Crippen LogP contribution is -1.88. The largest absolute Gasteiger partial charge is 0.296 e. The molecule has 0 spiro atoms. The van der Waals surface area contributed by atoms with Crippen LogP contribution in [0.15, 0.2) is 58.8 Å². The number of nitrogens with zero attached hydrogens (tertiary/aromatic N) is 4. The normalized spacial score (nSPS) is 10.6. The zero-order valence-corrected chi connectivity index (χ0v) is 10.0. The van der Waals surface area contributed by atoms with Crippen LogP contribution in [0.4, 0.5) is 22.7 Å². The van der Waals surface area contributed by atoms with Crippen LogP contribution in [0.5, 0.6) is 0 Å². The van der Waals surface area contributed by atoms with Gasteiger partial charge in [-0.15, -0.1) is 10.2 Å². The Labute approximate surface area is 112 Å². The summed E-state index contributed by atoms with van der Waals surface area (Å²) in [6.45, 7) is 0. The van der Waals surface area contributed by atoms with E-state index in [0.717, 1.165) is 0 Å². The monoisotopic (exact) mass is 272 g/mol. The van der Waals surface area contributed by atoms with Gasteiger partial charge in [0.15, 0.2) is 11.4 Å². The van der Waals surface area contributed by atoms with Gasteiger partial charge < -0.3 is 0 Å². The predicted octanol–water partition coefficient (Wildman–Crippen LogP) is 3.92. The van der Waals surface area contributed by atoms with Crippen LogP contribution in [0.3, 0.4) is 0 Å². The Bertz CT molecular complexity index is 640. The maximum atomic E-state index is 10.8. The third kappa shape index (κ3) is 2.80. The second kappa shape index (κ2) is 5.65. The highest BCUT2D eigenvalue weighted by Gasteiger charge is 2.14. The molecule has 20 heavy (non-hydrogen) atoms. The molecule has 0 bridgehead atoms. The van der Waals surface area contributed by atoms with Crippen LogP contribution in [-0.2, 0) is 0 Å². The molecule has 0 aliphatic heterocycles. The molecule has 0 heterocycles. The van der Waals surface area contributed by atoms with E-state index >= 15 is 0 Å². The van der Waals surface area contributed by atoms with Gasteiger partial charge in [0.25, 0.3) is 11.4 Å². The van der Waals surface area contributed by atoms with Gasteiger partial charge in [-0.05, 0) is 12.1 Å². The van der Waals surface area contributed by atoms with E-state index in [1.165, 1.54) is 36.4 Å².